The van der Waals surface area contributed by atoms with Crippen LogP contribution in [-0.4, -0.2) is 13.1 Å². The van der Waals surface area contributed by atoms with Crippen molar-refractivity contribution in [1.82, 2.24) is 5.32 Å². The maximum Gasteiger partial charge on any atom is 0.322 e. The Bertz CT molecular complexity index is 905. The highest BCUT2D eigenvalue weighted by Crippen LogP contribution is 2.58. The van der Waals surface area contributed by atoms with Crippen molar-refractivity contribution in [2.45, 2.75) is 44.2 Å². The van der Waals surface area contributed by atoms with E-state index < -0.39 is 0 Å². The first-order valence-electron chi connectivity index (χ1n) is 10.1. The number of urea groups is 1. The predicted molar refractivity (Wildman–Crippen MR) is 111 cm³/mol. The molecule has 1 unspecified atom stereocenters. The van der Waals surface area contributed by atoms with Crippen LogP contribution in [0.5, 0.6) is 5.75 Å². The number of fused-ring (bicyclic) bond motifs is 1. The van der Waals surface area contributed by atoms with E-state index in [9.17, 15) is 4.79 Å². The topological polar surface area (TPSA) is 41.6 Å². The Hall–Kier alpha value is -2.20. The first-order chi connectivity index (χ1) is 13.6. The van der Waals surface area contributed by atoms with E-state index in [4.69, 9.17) is 16.3 Å². The van der Waals surface area contributed by atoms with Crippen LogP contribution in [0.25, 0.3) is 0 Å². The summed E-state index contributed by atoms with van der Waals surface area (Å²) in [6, 6.07) is 13.9. The number of amides is 2. The summed E-state index contributed by atoms with van der Waals surface area (Å²) in [5.41, 5.74) is 3.04. The largest absolute Gasteiger partial charge is 0.497 e. The van der Waals surface area contributed by atoms with Crippen LogP contribution in [0.1, 0.15) is 43.2 Å². The molecule has 1 heterocycles. The van der Waals surface area contributed by atoms with E-state index in [1.54, 1.807) is 7.11 Å². The van der Waals surface area contributed by atoms with Gasteiger partial charge in [0.25, 0.3) is 0 Å². The van der Waals surface area contributed by atoms with Gasteiger partial charge in [0.2, 0.25) is 0 Å². The van der Waals surface area contributed by atoms with E-state index in [1.165, 1.54) is 37.7 Å². The summed E-state index contributed by atoms with van der Waals surface area (Å²) in [5.74, 6) is 1.86. The zero-order valence-corrected chi connectivity index (χ0v) is 16.8. The van der Waals surface area contributed by atoms with Crippen LogP contribution < -0.4 is 15.0 Å². The van der Waals surface area contributed by atoms with E-state index >= 15 is 0 Å². The zero-order valence-electron chi connectivity index (χ0n) is 16.1. The number of hydrogen-bond acceptors (Lipinski definition) is 2. The molecular weight excluding hydrogens is 372 g/mol. The summed E-state index contributed by atoms with van der Waals surface area (Å²) in [7, 11) is 1.66. The summed E-state index contributed by atoms with van der Waals surface area (Å²) < 4.78 is 5.25. The second kappa shape index (κ2) is 6.70. The molecule has 1 N–H and O–H groups in total. The molecule has 2 fully saturated rings. The molecule has 28 heavy (non-hydrogen) atoms. The Morgan fingerprint density at radius 1 is 1.11 bits per heavy atom. The number of benzene rings is 2. The summed E-state index contributed by atoms with van der Waals surface area (Å²) in [6.07, 6.45) is 5.98. The molecule has 2 aromatic rings. The molecule has 4 nitrogen and oxygen atoms in total. The lowest BCUT2D eigenvalue weighted by Crippen LogP contribution is -2.61. The van der Waals surface area contributed by atoms with Gasteiger partial charge in [0.05, 0.1) is 24.9 Å². The minimum atomic E-state index is -0.244. The quantitative estimate of drug-likeness (QED) is 0.726. The third kappa shape index (κ3) is 2.77. The number of nitrogens with zero attached hydrogens (tertiary/aromatic N) is 1. The van der Waals surface area contributed by atoms with Gasteiger partial charge in [-0.1, -0.05) is 30.2 Å². The third-order valence-corrected chi connectivity index (χ3v) is 6.96. The fraction of sp³-hybridized carbons (Fsp3) is 0.435. The summed E-state index contributed by atoms with van der Waals surface area (Å²) in [5, 5.41) is 4.21. The fourth-order valence-corrected chi connectivity index (χ4v) is 5.12. The van der Waals surface area contributed by atoms with E-state index in [0.717, 1.165) is 22.0 Å². The highest BCUT2D eigenvalue weighted by Gasteiger charge is 2.57. The standard InChI is InChI=1S/C23H25ClN2O2/c1-28-19-10-5-15(6-11-19)14-26-21-12-9-18(24)13-20(21)23(17-7-8-17,25-22(26)27)16-3-2-4-16/h5-6,9-13,16-17H,2-4,7-8,14H2,1H3,(H,25,27). The zero-order chi connectivity index (χ0) is 19.3. The molecule has 2 amide bonds. The Labute approximate surface area is 170 Å². The lowest BCUT2D eigenvalue weighted by molar-refractivity contribution is 0.106. The number of carbonyl (C=O) groups excluding carboxylic acids is 1. The monoisotopic (exact) mass is 396 g/mol. The van der Waals surface area contributed by atoms with Crippen molar-refractivity contribution in [3.8, 4) is 5.75 Å². The number of anilines is 1. The highest BCUT2D eigenvalue weighted by molar-refractivity contribution is 6.30. The molecule has 0 bridgehead atoms. The van der Waals surface area contributed by atoms with Gasteiger partial charge >= 0.3 is 6.03 Å². The molecular formula is C23H25ClN2O2. The van der Waals surface area contributed by atoms with Crippen LogP contribution >= 0.6 is 11.6 Å². The molecule has 5 rings (SSSR count). The third-order valence-electron chi connectivity index (χ3n) is 6.72. The maximum absolute atomic E-state index is 13.3. The van der Waals surface area contributed by atoms with Crippen molar-refractivity contribution >= 4 is 23.3 Å². The molecule has 2 saturated carbocycles. The average molecular weight is 397 g/mol. The van der Waals surface area contributed by atoms with Gasteiger partial charge in [-0.05, 0) is 73.4 Å². The molecule has 0 aromatic heterocycles. The molecule has 5 heteroatoms. The van der Waals surface area contributed by atoms with E-state index in [-0.39, 0.29) is 11.6 Å². The van der Waals surface area contributed by atoms with Gasteiger partial charge in [0.1, 0.15) is 5.75 Å². The lowest BCUT2D eigenvalue weighted by Gasteiger charge is -2.51. The number of halogens is 1. The van der Waals surface area contributed by atoms with Crippen molar-refractivity contribution in [2.75, 3.05) is 12.0 Å². The van der Waals surface area contributed by atoms with Crippen molar-refractivity contribution in [3.05, 3.63) is 58.6 Å². The van der Waals surface area contributed by atoms with Crippen LogP contribution in [0.15, 0.2) is 42.5 Å². The van der Waals surface area contributed by atoms with Gasteiger partial charge in [0.15, 0.2) is 0 Å². The molecule has 0 saturated heterocycles. The summed E-state index contributed by atoms with van der Waals surface area (Å²) >= 11 is 6.43. The molecule has 1 aliphatic heterocycles. The minimum absolute atomic E-state index is 0.00411. The number of hydrogen-bond donors (Lipinski definition) is 1. The van der Waals surface area contributed by atoms with Gasteiger partial charge in [0, 0.05) is 10.6 Å². The van der Waals surface area contributed by atoms with Crippen molar-refractivity contribution in [2.24, 2.45) is 11.8 Å². The molecule has 1 atom stereocenters. The van der Waals surface area contributed by atoms with Crippen molar-refractivity contribution in [3.63, 3.8) is 0 Å². The van der Waals surface area contributed by atoms with Gasteiger partial charge in [-0.3, -0.25) is 4.90 Å². The molecule has 0 radical (unpaired) electrons. The van der Waals surface area contributed by atoms with Gasteiger partial charge < -0.3 is 10.1 Å². The average Bonchev–Trinajstić information content (AvgIpc) is 3.49. The van der Waals surface area contributed by atoms with Crippen LogP contribution in [0.4, 0.5) is 10.5 Å². The number of ether oxygens (including phenoxy) is 1. The van der Waals surface area contributed by atoms with Gasteiger partial charge in [-0.2, -0.15) is 0 Å². The number of carbonyl (C=O) groups is 1. The summed E-state index contributed by atoms with van der Waals surface area (Å²) in [4.78, 5) is 15.2. The summed E-state index contributed by atoms with van der Waals surface area (Å²) in [6.45, 7) is 0.524. The predicted octanol–water partition coefficient (Wildman–Crippen LogP) is 5.48. The molecule has 0 spiro atoms. The smallest absolute Gasteiger partial charge is 0.322 e. The maximum atomic E-state index is 13.3. The number of methoxy groups -OCH3 is 1. The Morgan fingerprint density at radius 2 is 1.82 bits per heavy atom. The first kappa shape index (κ1) is 17.9. The number of rotatable bonds is 5. The fourth-order valence-electron chi connectivity index (χ4n) is 4.95. The number of nitrogens with one attached hydrogen (secondary N) is 1. The van der Waals surface area contributed by atoms with Gasteiger partial charge in [-0.25, -0.2) is 4.79 Å². The second-order valence-electron chi connectivity index (χ2n) is 8.30. The molecule has 146 valence electrons. The molecule has 2 aromatic carbocycles. The second-order valence-corrected chi connectivity index (χ2v) is 8.73. The van der Waals surface area contributed by atoms with Crippen molar-refractivity contribution < 1.29 is 9.53 Å². The van der Waals surface area contributed by atoms with Crippen LogP contribution in [0, 0.1) is 11.8 Å². The minimum Gasteiger partial charge on any atom is -0.497 e. The first-order valence-corrected chi connectivity index (χ1v) is 10.5. The van der Waals surface area contributed by atoms with Gasteiger partial charge in [-0.15, -0.1) is 0 Å². The molecule has 3 aliphatic rings. The van der Waals surface area contributed by atoms with E-state index in [2.05, 4.69) is 11.4 Å². The normalized spacial score (nSPS) is 24.4. The van der Waals surface area contributed by atoms with Crippen LogP contribution in [-0.2, 0) is 12.1 Å². The Balaban J connectivity index is 1.56. The van der Waals surface area contributed by atoms with E-state index in [0.29, 0.717) is 18.4 Å². The Kier molecular flexibility index (Phi) is 4.27. The van der Waals surface area contributed by atoms with Crippen LogP contribution in [0.3, 0.4) is 0 Å². The van der Waals surface area contributed by atoms with Crippen LogP contribution in [0.2, 0.25) is 5.02 Å². The van der Waals surface area contributed by atoms with E-state index in [1.807, 2.05) is 41.3 Å². The Morgan fingerprint density at radius 3 is 2.43 bits per heavy atom. The highest BCUT2D eigenvalue weighted by atomic mass is 35.5. The SMILES string of the molecule is COc1ccc(CN2C(=O)NC(C3CCC3)(C3CC3)c3cc(Cl)ccc32)cc1. The molecule has 2 aliphatic carbocycles. The van der Waals surface area contributed by atoms with Crippen molar-refractivity contribution in [1.29, 1.82) is 0 Å². The lowest BCUT2D eigenvalue weighted by atomic mass is 9.64.